The minimum atomic E-state index is -0.403. The van der Waals surface area contributed by atoms with Gasteiger partial charge in [0.05, 0.1) is 19.3 Å². The van der Waals surface area contributed by atoms with Gasteiger partial charge in [0, 0.05) is 12.6 Å². The van der Waals surface area contributed by atoms with Gasteiger partial charge in [-0.05, 0) is 24.0 Å². The van der Waals surface area contributed by atoms with E-state index in [1.807, 2.05) is 12.1 Å². The highest BCUT2D eigenvalue weighted by molar-refractivity contribution is 5.24. The Morgan fingerprint density at radius 1 is 1.39 bits per heavy atom. The molecule has 2 atom stereocenters. The molecule has 1 aliphatic rings. The van der Waals surface area contributed by atoms with E-state index in [2.05, 4.69) is 24.4 Å². The van der Waals surface area contributed by atoms with Crippen molar-refractivity contribution in [1.82, 2.24) is 5.32 Å². The molecule has 2 unspecified atom stereocenters. The number of rotatable bonds is 5. The van der Waals surface area contributed by atoms with Crippen LogP contribution in [0.15, 0.2) is 24.3 Å². The van der Waals surface area contributed by atoms with Gasteiger partial charge in [-0.2, -0.15) is 0 Å². The molecule has 0 saturated carbocycles. The lowest BCUT2D eigenvalue weighted by atomic mass is 9.99. The van der Waals surface area contributed by atoms with Crippen molar-refractivity contribution in [2.24, 2.45) is 0 Å². The first-order valence-electron chi connectivity index (χ1n) is 6.87. The maximum absolute atomic E-state index is 10.2. The SMILES string of the molecule is CCCc1ccc(C(O)CC2COCCN2)cc1. The van der Waals surface area contributed by atoms with Gasteiger partial charge in [0.2, 0.25) is 0 Å². The summed E-state index contributed by atoms with van der Waals surface area (Å²) in [5.41, 5.74) is 2.34. The second-order valence-electron chi connectivity index (χ2n) is 4.97. The van der Waals surface area contributed by atoms with Gasteiger partial charge in [-0.1, -0.05) is 37.6 Å². The summed E-state index contributed by atoms with van der Waals surface area (Å²) in [4.78, 5) is 0. The van der Waals surface area contributed by atoms with E-state index < -0.39 is 6.10 Å². The standard InChI is InChI=1S/C15H23NO2/c1-2-3-12-4-6-13(7-5-12)15(17)10-14-11-18-9-8-16-14/h4-7,14-17H,2-3,8-11H2,1H3. The maximum Gasteiger partial charge on any atom is 0.0805 e. The van der Waals surface area contributed by atoms with E-state index in [9.17, 15) is 5.11 Å². The van der Waals surface area contributed by atoms with Crippen LogP contribution in [0.25, 0.3) is 0 Å². The van der Waals surface area contributed by atoms with E-state index in [0.29, 0.717) is 13.0 Å². The summed E-state index contributed by atoms with van der Waals surface area (Å²) in [5, 5.41) is 13.6. The quantitative estimate of drug-likeness (QED) is 0.839. The molecule has 18 heavy (non-hydrogen) atoms. The number of benzene rings is 1. The summed E-state index contributed by atoms with van der Waals surface area (Å²) in [5.74, 6) is 0. The third kappa shape index (κ3) is 3.80. The van der Waals surface area contributed by atoms with Gasteiger partial charge >= 0.3 is 0 Å². The van der Waals surface area contributed by atoms with Crippen LogP contribution in [0.5, 0.6) is 0 Å². The van der Waals surface area contributed by atoms with Gasteiger partial charge in [-0.15, -0.1) is 0 Å². The highest BCUT2D eigenvalue weighted by atomic mass is 16.5. The Morgan fingerprint density at radius 3 is 2.78 bits per heavy atom. The van der Waals surface area contributed by atoms with Crippen LogP contribution in [-0.4, -0.2) is 30.9 Å². The Kier molecular flexibility index (Phi) is 5.17. The average molecular weight is 249 g/mol. The van der Waals surface area contributed by atoms with Crippen molar-refractivity contribution >= 4 is 0 Å². The minimum Gasteiger partial charge on any atom is -0.388 e. The van der Waals surface area contributed by atoms with E-state index in [1.165, 1.54) is 5.56 Å². The van der Waals surface area contributed by atoms with E-state index in [-0.39, 0.29) is 6.04 Å². The van der Waals surface area contributed by atoms with Crippen molar-refractivity contribution in [3.63, 3.8) is 0 Å². The second kappa shape index (κ2) is 6.88. The number of ether oxygens (including phenoxy) is 1. The maximum atomic E-state index is 10.2. The van der Waals surface area contributed by atoms with Crippen LogP contribution in [0.3, 0.4) is 0 Å². The molecule has 2 rings (SSSR count). The monoisotopic (exact) mass is 249 g/mol. The topological polar surface area (TPSA) is 41.5 Å². The fourth-order valence-electron chi connectivity index (χ4n) is 2.37. The smallest absolute Gasteiger partial charge is 0.0805 e. The van der Waals surface area contributed by atoms with Crippen LogP contribution < -0.4 is 5.32 Å². The fourth-order valence-corrected chi connectivity index (χ4v) is 2.37. The van der Waals surface area contributed by atoms with Crippen molar-refractivity contribution in [2.75, 3.05) is 19.8 Å². The molecule has 1 aromatic rings. The fraction of sp³-hybridized carbons (Fsp3) is 0.600. The normalized spacial score (nSPS) is 21.8. The zero-order chi connectivity index (χ0) is 12.8. The first-order valence-corrected chi connectivity index (χ1v) is 6.87. The molecule has 1 fully saturated rings. The van der Waals surface area contributed by atoms with E-state index in [4.69, 9.17) is 4.74 Å². The van der Waals surface area contributed by atoms with Crippen molar-refractivity contribution in [3.8, 4) is 0 Å². The molecule has 0 bridgehead atoms. The summed E-state index contributed by atoms with van der Waals surface area (Å²) in [6.07, 6.45) is 2.58. The number of hydrogen-bond donors (Lipinski definition) is 2. The van der Waals surface area contributed by atoms with Crippen molar-refractivity contribution in [2.45, 2.75) is 38.3 Å². The van der Waals surface area contributed by atoms with Crippen LogP contribution >= 0.6 is 0 Å². The molecule has 3 heteroatoms. The average Bonchev–Trinajstić information content (AvgIpc) is 2.41. The van der Waals surface area contributed by atoms with E-state index in [0.717, 1.165) is 31.6 Å². The molecule has 1 heterocycles. The molecule has 1 aromatic carbocycles. The summed E-state index contributed by atoms with van der Waals surface area (Å²) < 4.78 is 5.40. The van der Waals surface area contributed by atoms with Crippen LogP contribution in [-0.2, 0) is 11.2 Å². The lowest BCUT2D eigenvalue weighted by Gasteiger charge is -2.26. The lowest BCUT2D eigenvalue weighted by Crippen LogP contribution is -2.42. The van der Waals surface area contributed by atoms with Gasteiger partial charge in [-0.3, -0.25) is 0 Å². The number of morpholine rings is 1. The highest BCUT2D eigenvalue weighted by Crippen LogP contribution is 2.20. The Morgan fingerprint density at radius 2 is 2.17 bits per heavy atom. The second-order valence-corrected chi connectivity index (χ2v) is 4.97. The Balaban J connectivity index is 1.89. The molecule has 3 nitrogen and oxygen atoms in total. The summed E-state index contributed by atoms with van der Waals surface area (Å²) >= 11 is 0. The Bertz CT molecular complexity index is 344. The Hall–Kier alpha value is -0.900. The number of aryl methyl sites for hydroxylation is 1. The predicted molar refractivity (Wildman–Crippen MR) is 72.6 cm³/mol. The lowest BCUT2D eigenvalue weighted by molar-refractivity contribution is 0.0519. The van der Waals surface area contributed by atoms with Crippen LogP contribution in [0.4, 0.5) is 0 Å². The summed E-state index contributed by atoms with van der Waals surface area (Å²) in [7, 11) is 0. The van der Waals surface area contributed by atoms with Crippen LogP contribution in [0, 0.1) is 0 Å². The van der Waals surface area contributed by atoms with Gasteiger partial charge in [0.15, 0.2) is 0 Å². The molecule has 0 radical (unpaired) electrons. The van der Waals surface area contributed by atoms with E-state index in [1.54, 1.807) is 0 Å². The molecule has 0 aliphatic carbocycles. The third-order valence-corrected chi connectivity index (χ3v) is 3.41. The summed E-state index contributed by atoms with van der Waals surface area (Å²) in [6.45, 7) is 4.54. The number of aliphatic hydroxyl groups is 1. The molecule has 2 N–H and O–H groups in total. The molecular formula is C15H23NO2. The first-order chi connectivity index (χ1) is 8.79. The van der Waals surface area contributed by atoms with Gasteiger partial charge in [0.1, 0.15) is 0 Å². The van der Waals surface area contributed by atoms with E-state index >= 15 is 0 Å². The summed E-state index contributed by atoms with van der Waals surface area (Å²) in [6, 6.07) is 8.59. The molecular weight excluding hydrogens is 226 g/mol. The van der Waals surface area contributed by atoms with Gasteiger partial charge < -0.3 is 15.2 Å². The number of nitrogens with one attached hydrogen (secondary N) is 1. The molecule has 0 aromatic heterocycles. The highest BCUT2D eigenvalue weighted by Gasteiger charge is 2.18. The molecule has 100 valence electrons. The predicted octanol–water partition coefficient (Wildman–Crippen LogP) is 2.05. The largest absolute Gasteiger partial charge is 0.388 e. The molecule has 0 amide bonds. The number of hydrogen-bond acceptors (Lipinski definition) is 3. The Labute approximate surface area is 109 Å². The van der Waals surface area contributed by atoms with Gasteiger partial charge in [0.25, 0.3) is 0 Å². The van der Waals surface area contributed by atoms with Crippen LogP contribution in [0.2, 0.25) is 0 Å². The number of aliphatic hydroxyl groups excluding tert-OH is 1. The molecule has 0 spiro atoms. The van der Waals surface area contributed by atoms with Crippen LogP contribution in [0.1, 0.15) is 37.0 Å². The first kappa shape index (κ1) is 13.5. The van der Waals surface area contributed by atoms with Crippen molar-refractivity contribution in [1.29, 1.82) is 0 Å². The molecule has 1 saturated heterocycles. The zero-order valence-corrected chi connectivity index (χ0v) is 11.1. The molecule has 1 aliphatic heterocycles. The van der Waals surface area contributed by atoms with Gasteiger partial charge in [-0.25, -0.2) is 0 Å². The zero-order valence-electron chi connectivity index (χ0n) is 11.1. The van der Waals surface area contributed by atoms with Crippen molar-refractivity contribution < 1.29 is 9.84 Å². The van der Waals surface area contributed by atoms with Crippen molar-refractivity contribution in [3.05, 3.63) is 35.4 Å². The minimum absolute atomic E-state index is 0.268. The third-order valence-electron chi connectivity index (χ3n) is 3.41.